The van der Waals surface area contributed by atoms with Crippen molar-refractivity contribution in [1.29, 1.82) is 0 Å². The first-order chi connectivity index (χ1) is 6.76. The van der Waals surface area contributed by atoms with Crippen LogP contribution in [0, 0.1) is 0 Å². The molecule has 2 aromatic rings. The molecule has 1 aromatic carbocycles. The maximum Gasteiger partial charge on any atom is 0.160 e. The van der Waals surface area contributed by atoms with Gasteiger partial charge >= 0.3 is 0 Å². The number of benzene rings is 1. The topological polar surface area (TPSA) is 17.1 Å². The Balaban J connectivity index is 2.81. The Hall–Kier alpha value is -0.450. The van der Waals surface area contributed by atoms with Gasteiger partial charge in [0.05, 0.1) is 4.88 Å². The molecule has 0 amide bonds. The first kappa shape index (κ1) is 10.1. The zero-order valence-corrected chi connectivity index (χ0v) is 10.0. The van der Waals surface area contributed by atoms with Gasteiger partial charge in [-0.2, -0.15) is 0 Å². The molecule has 0 radical (unpaired) electrons. The predicted molar refractivity (Wildman–Crippen MR) is 66.2 cm³/mol. The second kappa shape index (κ2) is 3.96. The summed E-state index contributed by atoms with van der Waals surface area (Å²) in [6.07, 6.45) is 2.92. The Morgan fingerprint density at radius 1 is 1.50 bits per heavy atom. The van der Waals surface area contributed by atoms with Crippen LogP contribution in [0.1, 0.15) is 9.67 Å². The number of carbonyl (C=O) groups excluding carboxylic acids is 1. The predicted octanol–water partition coefficient (Wildman–Crippen LogP) is 3.72. The highest BCUT2D eigenvalue weighted by Crippen LogP contribution is 2.36. The van der Waals surface area contributed by atoms with Crippen molar-refractivity contribution in [2.24, 2.45) is 0 Å². The van der Waals surface area contributed by atoms with Crippen LogP contribution in [0.2, 0.25) is 0 Å². The minimum absolute atomic E-state index is 0.761. The summed E-state index contributed by atoms with van der Waals surface area (Å²) < 4.78 is 1.10. The number of thioether (sulfide) groups is 1. The quantitative estimate of drug-likeness (QED) is 0.489. The van der Waals surface area contributed by atoms with Crippen LogP contribution in [0.25, 0.3) is 10.1 Å². The van der Waals surface area contributed by atoms with Crippen LogP contribution in [0.4, 0.5) is 0 Å². The van der Waals surface area contributed by atoms with E-state index in [4.69, 9.17) is 0 Å². The Labute approximate surface area is 95.9 Å². The Kier molecular flexibility index (Phi) is 2.85. The zero-order chi connectivity index (χ0) is 10.1. The van der Waals surface area contributed by atoms with Crippen molar-refractivity contribution >= 4 is 52.1 Å². The van der Waals surface area contributed by atoms with Gasteiger partial charge in [-0.25, -0.2) is 0 Å². The SMILES string of the molecule is CSc1ccc(S)c2sc(C=O)cc12. The lowest BCUT2D eigenvalue weighted by atomic mass is 10.2. The van der Waals surface area contributed by atoms with Gasteiger partial charge in [0.1, 0.15) is 0 Å². The first-order valence-corrected chi connectivity index (χ1v) is 6.50. The number of aldehydes is 1. The number of thiophene rings is 1. The maximum absolute atomic E-state index is 10.7. The van der Waals surface area contributed by atoms with Crippen molar-refractivity contribution in [1.82, 2.24) is 0 Å². The molecule has 0 spiro atoms. The van der Waals surface area contributed by atoms with E-state index < -0.39 is 0 Å². The lowest BCUT2D eigenvalue weighted by Gasteiger charge is -1.99. The monoisotopic (exact) mass is 240 g/mol. The van der Waals surface area contributed by atoms with Gasteiger partial charge in [0.15, 0.2) is 6.29 Å². The molecule has 72 valence electrons. The average molecular weight is 240 g/mol. The summed E-state index contributed by atoms with van der Waals surface area (Å²) >= 11 is 7.56. The van der Waals surface area contributed by atoms with Gasteiger partial charge in [0, 0.05) is 19.9 Å². The number of hydrogen-bond donors (Lipinski definition) is 1. The van der Waals surface area contributed by atoms with Crippen molar-refractivity contribution in [3.8, 4) is 0 Å². The van der Waals surface area contributed by atoms with Gasteiger partial charge in [0.25, 0.3) is 0 Å². The Morgan fingerprint density at radius 2 is 2.29 bits per heavy atom. The van der Waals surface area contributed by atoms with Crippen LogP contribution in [0.3, 0.4) is 0 Å². The molecule has 1 aromatic heterocycles. The van der Waals surface area contributed by atoms with Crippen LogP contribution >= 0.6 is 35.7 Å². The van der Waals surface area contributed by atoms with Crippen LogP contribution < -0.4 is 0 Å². The molecule has 1 nitrogen and oxygen atoms in total. The van der Waals surface area contributed by atoms with Crippen LogP contribution in [-0.2, 0) is 0 Å². The molecule has 0 saturated heterocycles. The van der Waals surface area contributed by atoms with Crippen LogP contribution in [0.15, 0.2) is 28.0 Å². The van der Waals surface area contributed by atoms with Gasteiger partial charge in [-0.3, -0.25) is 4.79 Å². The van der Waals surface area contributed by atoms with Crippen LogP contribution in [0.5, 0.6) is 0 Å². The largest absolute Gasteiger partial charge is 0.297 e. The summed E-state index contributed by atoms with van der Waals surface area (Å²) in [7, 11) is 0. The van der Waals surface area contributed by atoms with E-state index in [-0.39, 0.29) is 0 Å². The molecule has 0 fully saturated rings. The van der Waals surface area contributed by atoms with E-state index in [1.807, 2.05) is 24.5 Å². The number of hydrogen-bond acceptors (Lipinski definition) is 4. The molecule has 0 atom stereocenters. The molecule has 14 heavy (non-hydrogen) atoms. The molecule has 0 unspecified atom stereocenters. The van der Waals surface area contributed by atoms with E-state index in [0.29, 0.717) is 0 Å². The average Bonchev–Trinajstić information content (AvgIpc) is 2.63. The lowest BCUT2D eigenvalue weighted by Crippen LogP contribution is -1.72. The third kappa shape index (κ3) is 1.58. The molecule has 2 rings (SSSR count). The Bertz CT molecular complexity index is 487. The number of carbonyl (C=O) groups is 1. The summed E-state index contributed by atoms with van der Waals surface area (Å²) in [4.78, 5) is 13.6. The van der Waals surface area contributed by atoms with E-state index in [2.05, 4.69) is 12.6 Å². The second-order valence-electron chi connectivity index (χ2n) is 2.80. The smallest absolute Gasteiger partial charge is 0.160 e. The van der Waals surface area contributed by atoms with E-state index in [1.165, 1.54) is 16.2 Å². The van der Waals surface area contributed by atoms with E-state index in [1.54, 1.807) is 11.8 Å². The minimum atomic E-state index is 0.761. The normalized spacial score (nSPS) is 10.7. The molecule has 4 heteroatoms. The standard InChI is InChI=1S/C10H8OS3/c1-13-9-3-2-8(12)10-7(9)4-6(5-11)14-10/h2-5,12H,1H3. The molecule has 0 aliphatic carbocycles. The molecule has 0 bridgehead atoms. The van der Waals surface area contributed by atoms with Crippen molar-refractivity contribution in [2.75, 3.05) is 6.26 Å². The molecule has 0 saturated carbocycles. The van der Waals surface area contributed by atoms with Gasteiger partial charge in [0.2, 0.25) is 0 Å². The highest BCUT2D eigenvalue weighted by atomic mass is 32.2. The highest BCUT2D eigenvalue weighted by molar-refractivity contribution is 7.98. The van der Waals surface area contributed by atoms with Gasteiger partial charge in [-0.05, 0) is 24.5 Å². The molecule has 1 heterocycles. The third-order valence-electron chi connectivity index (χ3n) is 1.98. The molecular formula is C10H8OS3. The summed E-state index contributed by atoms with van der Waals surface area (Å²) in [5.74, 6) is 0. The van der Waals surface area contributed by atoms with Crippen LogP contribution in [-0.4, -0.2) is 12.5 Å². The Morgan fingerprint density at radius 3 is 2.93 bits per heavy atom. The molecule has 0 aliphatic rings. The fraction of sp³-hybridized carbons (Fsp3) is 0.100. The third-order valence-corrected chi connectivity index (χ3v) is 4.39. The van der Waals surface area contributed by atoms with Gasteiger partial charge in [-0.1, -0.05) is 0 Å². The lowest BCUT2D eigenvalue weighted by molar-refractivity contribution is 0.112. The van der Waals surface area contributed by atoms with Gasteiger partial charge < -0.3 is 0 Å². The molecular weight excluding hydrogens is 232 g/mol. The van der Waals surface area contributed by atoms with Gasteiger partial charge in [-0.15, -0.1) is 35.7 Å². The summed E-state index contributed by atoms with van der Waals surface area (Å²) in [5, 5.41) is 1.14. The van der Waals surface area contributed by atoms with Crippen molar-refractivity contribution < 1.29 is 4.79 Å². The highest BCUT2D eigenvalue weighted by Gasteiger charge is 2.07. The fourth-order valence-electron chi connectivity index (χ4n) is 1.34. The fourth-order valence-corrected chi connectivity index (χ4v) is 3.23. The number of fused-ring (bicyclic) bond motifs is 1. The van der Waals surface area contributed by atoms with Crippen molar-refractivity contribution in [3.05, 3.63) is 23.1 Å². The number of thiol groups is 1. The van der Waals surface area contributed by atoms with E-state index in [9.17, 15) is 4.79 Å². The number of rotatable bonds is 2. The zero-order valence-electron chi connectivity index (χ0n) is 7.48. The van der Waals surface area contributed by atoms with Crippen molar-refractivity contribution in [2.45, 2.75) is 9.79 Å². The minimum Gasteiger partial charge on any atom is -0.297 e. The van der Waals surface area contributed by atoms with E-state index in [0.717, 1.165) is 26.1 Å². The summed E-state index contributed by atoms with van der Waals surface area (Å²) in [6, 6.07) is 5.94. The van der Waals surface area contributed by atoms with Crippen molar-refractivity contribution in [3.63, 3.8) is 0 Å². The molecule has 0 N–H and O–H groups in total. The molecule has 0 aliphatic heterocycles. The second-order valence-corrected chi connectivity index (χ2v) is 5.21. The van der Waals surface area contributed by atoms with E-state index >= 15 is 0 Å². The summed E-state index contributed by atoms with van der Waals surface area (Å²) in [5.41, 5.74) is 0. The summed E-state index contributed by atoms with van der Waals surface area (Å²) in [6.45, 7) is 0. The maximum atomic E-state index is 10.7. The first-order valence-electron chi connectivity index (χ1n) is 4.01.